The first-order chi connectivity index (χ1) is 12.7. The molecule has 0 unspecified atom stereocenters. The third kappa shape index (κ3) is 3.51. The number of pyridine rings is 2. The first kappa shape index (κ1) is 16.9. The largest absolute Gasteiger partial charge is 0.300 e. The summed E-state index contributed by atoms with van der Waals surface area (Å²) in [5.74, 6) is 0.0152. The number of carbonyl (C=O) groups is 1. The standard InChI is InChI=1S/C22H23N3O/c1-16-3-2-13-25(16)14-10-20-6-4-18-15-19(5-7-21(18)24-20)22(26)17-8-11-23-12-9-17/h4-9,11-12,15-16H,2-3,10,13-14H2,1H3/t16-/m0/s1. The van der Waals surface area contributed by atoms with Crippen molar-refractivity contribution >= 4 is 16.7 Å². The van der Waals surface area contributed by atoms with E-state index in [9.17, 15) is 4.79 Å². The Labute approximate surface area is 153 Å². The molecule has 2 aromatic heterocycles. The van der Waals surface area contributed by atoms with Gasteiger partial charge in [0.15, 0.2) is 5.78 Å². The summed E-state index contributed by atoms with van der Waals surface area (Å²) >= 11 is 0. The van der Waals surface area contributed by atoms with Crippen molar-refractivity contribution in [2.75, 3.05) is 13.1 Å². The minimum Gasteiger partial charge on any atom is -0.300 e. The fourth-order valence-electron chi connectivity index (χ4n) is 3.70. The third-order valence-corrected chi connectivity index (χ3v) is 5.30. The first-order valence-corrected chi connectivity index (χ1v) is 9.29. The summed E-state index contributed by atoms with van der Waals surface area (Å²) in [6, 6.07) is 14.1. The van der Waals surface area contributed by atoms with Crippen molar-refractivity contribution in [1.29, 1.82) is 0 Å². The molecule has 0 radical (unpaired) electrons. The quantitative estimate of drug-likeness (QED) is 0.658. The topological polar surface area (TPSA) is 46.1 Å². The van der Waals surface area contributed by atoms with Gasteiger partial charge in [0, 0.05) is 53.6 Å². The van der Waals surface area contributed by atoms with Crippen molar-refractivity contribution in [3.8, 4) is 0 Å². The first-order valence-electron chi connectivity index (χ1n) is 9.29. The van der Waals surface area contributed by atoms with Gasteiger partial charge in [-0.1, -0.05) is 6.07 Å². The van der Waals surface area contributed by atoms with Gasteiger partial charge in [-0.25, -0.2) is 0 Å². The number of likely N-dealkylation sites (tertiary alicyclic amines) is 1. The third-order valence-electron chi connectivity index (χ3n) is 5.30. The van der Waals surface area contributed by atoms with Gasteiger partial charge in [-0.05, 0) is 62.7 Å². The van der Waals surface area contributed by atoms with Crippen molar-refractivity contribution in [3.63, 3.8) is 0 Å². The van der Waals surface area contributed by atoms with Crippen LogP contribution in [0.3, 0.4) is 0 Å². The molecule has 0 bridgehead atoms. The highest BCUT2D eigenvalue weighted by Gasteiger charge is 2.19. The minimum absolute atomic E-state index is 0.0152. The Kier molecular flexibility index (Phi) is 4.76. The summed E-state index contributed by atoms with van der Waals surface area (Å²) in [6.07, 6.45) is 6.87. The number of aromatic nitrogens is 2. The van der Waals surface area contributed by atoms with Crippen LogP contribution in [0.2, 0.25) is 0 Å². The number of hydrogen-bond donors (Lipinski definition) is 0. The number of rotatable bonds is 5. The lowest BCUT2D eigenvalue weighted by atomic mass is 10.0. The van der Waals surface area contributed by atoms with E-state index in [1.807, 2.05) is 18.2 Å². The van der Waals surface area contributed by atoms with E-state index >= 15 is 0 Å². The molecule has 1 fully saturated rings. The van der Waals surface area contributed by atoms with E-state index in [1.165, 1.54) is 19.4 Å². The number of ketones is 1. The molecule has 1 saturated heterocycles. The molecule has 1 aromatic carbocycles. The fourth-order valence-corrected chi connectivity index (χ4v) is 3.70. The molecular formula is C22H23N3O. The van der Waals surface area contributed by atoms with Gasteiger partial charge in [-0.3, -0.25) is 14.8 Å². The van der Waals surface area contributed by atoms with Crippen LogP contribution >= 0.6 is 0 Å². The molecule has 3 heterocycles. The Morgan fingerprint density at radius 3 is 2.73 bits per heavy atom. The highest BCUT2D eigenvalue weighted by atomic mass is 16.1. The average molecular weight is 345 g/mol. The van der Waals surface area contributed by atoms with E-state index < -0.39 is 0 Å². The van der Waals surface area contributed by atoms with Crippen LogP contribution in [0, 0.1) is 0 Å². The molecule has 4 heteroatoms. The van der Waals surface area contributed by atoms with Crippen LogP contribution in [0.4, 0.5) is 0 Å². The van der Waals surface area contributed by atoms with E-state index in [1.54, 1.807) is 24.5 Å². The predicted octanol–water partition coefficient (Wildman–Crippen LogP) is 3.89. The Morgan fingerprint density at radius 1 is 1.12 bits per heavy atom. The summed E-state index contributed by atoms with van der Waals surface area (Å²) in [5, 5.41) is 1.00. The number of benzene rings is 1. The second-order valence-corrected chi connectivity index (χ2v) is 7.05. The van der Waals surface area contributed by atoms with Gasteiger partial charge >= 0.3 is 0 Å². The SMILES string of the molecule is C[C@H]1CCCN1CCc1ccc2cc(C(=O)c3ccncc3)ccc2n1. The van der Waals surface area contributed by atoms with Crippen LogP contribution in [0.15, 0.2) is 54.9 Å². The van der Waals surface area contributed by atoms with Crippen LogP contribution in [-0.2, 0) is 6.42 Å². The van der Waals surface area contributed by atoms with Crippen LogP contribution in [-0.4, -0.2) is 39.8 Å². The van der Waals surface area contributed by atoms with Crippen LogP contribution in [0.25, 0.3) is 10.9 Å². The van der Waals surface area contributed by atoms with Crippen molar-refractivity contribution in [2.45, 2.75) is 32.2 Å². The number of carbonyl (C=O) groups excluding carboxylic acids is 1. The Balaban J connectivity index is 1.52. The molecule has 0 amide bonds. The Bertz CT molecular complexity index is 923. The lowest BCUT2D eigenvalue weighted by Crippen LogP contribution is -2.29. The molecule has 0 spiro atoms. The normalized spacial score (nSPS) is 17.7. The molecule has 3 aromatic rings. The molecular weight excluding hydrogens is 322 g/mol. The molecule has 132 valence electrons. The maximum absolute atomic E-state index is 12.6. The van der Waals surface area contributed by atoms with Crippen LogP contribution < -0.4 is 0 Å². The van der Waals surface area contributed by atoms with Crippen molar-refractivity contribution in [3.05, 3.63) is 71.7 Å². The zero-order valence-electron chi connectivity index (χ0n) is 15.1. The Hall–Kier alpha value is -2.59. The summed E-state index contributed by atoms with van der Waals surface area (Å²) < 4.78 is 0. The fraction of sp³-hybridized carbons (Fsp3) is 0.318. The summed E-state index contributed by atoms with van der Waals surface area (Å²) in [7, 11) is 0. The second kappa shape index (κ2) is 7.34. The molecule has 4 rings (SSSR count). The van der Waals surface area contributed by atoms with Gasteiger partial charge in [0.05, 0.1) is 5.52 Å². The van der Waals surface area contributed by atoms with Gasteiger partial charge in [0.2, 0.25) is 0 Å². The monoisotopic (exact) mass is 345 g/mol. The van der Waals surface area contributed by atoms with Crippen molar-refractivity contribution in [2.24, 2.45) is 0 Å². The molecule has 4 nitrogen and oxygen atoms in total. The summed E-state index contributed by atoms with van der Waals surface area (Å²) in [4.78, 5) is 23.9. The average Bonchev–Trinajstić information content (AvgIpc) is 3.10. The van der Waals surface area contributed by atoms with Gasteiger partial charge in [0.25, 0.3) is 0 Å². The maximum Gasteiger partial charge on any atom is 0.193 e. The molecule has 0 N–H and O–H groups in total. The van der Waals surface area contributed by atoms with Crippen molar-refractivity contribution < 1.29 is 4.79 Å². The van der Waals surface area contributed by atoms with Gasteiger partial charge in [-0.2, -0.15) is 0 Å². The zero-order valence-corrected chi connectivity index (χ0v) is 15.1. The number of nitrogens with zero attached hydrogens (tertiary/aromatic N) is 3. The minimum atomic E-state index is 0.0152. The Morgan fingerprint density at radius 2 is 1.96 bits per heavy atom. The molecule has 1 aliphatic heterocycles. The van der Waals surface area contributed by atoms with E-state index in [0.717, 1.165) is 29.6 Å². The smallest absolute Gasteiger partial charge is 0.193 e. The van der Waals surface area contributed by atoms with Gasteiger partial charge in [-0.15, -0.1) is 0 Å². The van der Waals surface area contributed by atoms with E-state index in [-0.39, 0.29) is 5.78 Å². The highest BCUT2D eigenvalue weighted by molar-refractivity contribution is 6.10. The molecule has 0 aliphatic carbocycles. The predicted molar refractivity (Wildman–Crippen MR) is 103 cm³/mol. The summed E-state index contributed by atoms with van der Waals surface area (Å²) in [6.45, 7) is 4.58. The number of hydrogen-bond acceptors (Lipinski definition) is 4. The molecule has 1 aliphatic rings. The lowest BCUT2D eigenvalue weighted by molar-refractivity contribution is 0.103. The van der Waals surface area contributed by atoms with E-state index in [2.05, 4.69) is 28.9 Å². The molecule has 1 atom stereocenters. The molecule has 0 saturated carbocycles. The number of fused-ring (bicyclic) bond motifs is 1. The maximum atomic E-state index is 12.6. The van der Waals surface area contributed by atoms with Crippen LogP contribution in [0.5, 0.6) is 0 Å². The second-order valence-electron chi connectivity index (χ2n) is 7.05. The summed E-state index contributed by atoms with van der Waals surface area (Å²) in [5.41, 5.74) is 3.40. The lowest BCUT2D eigenvalue weighted by Gasteiger charge is -2.20. The molecule has 26 heavy (non-hydrogen) atoms. The van der Waals surface area contributed by atoms with Crippen LogP contribution in [0.1, 0.15) is 41.4 Å². The van der Waals surface area contributed by atoms with Gasteiger partial charge < -0.3 is 4.90 Å². The van der Waals surface area contributed by atoms with E-state index in [0.29, 0.717) is 17.2 Å². The van der Waals surface area contributed by atoms with E-state index in [4.69, 9.17) is 4.98 Å². The van der Waals surface area contributed by atoms with Crippen molar-refractivity contribution in [1.82, 2.24) is 14.9 Å². The zero-order chi connectivity index (χ0) is 17.9. The highest BCUT2D eigenvalue weighted by Crippen LogP contribution is 2.19. The van der Waals surface area contributed by atoms with Gasteiger partial charge in [0.1, 0.15) is 0 Å².